The van der Waals surface area contributed by atoms with E-state index < -0.39 is 0 Å². The van der Waals surface area contributed by atoms with Crippen molar-refractivity contribution in [3.8, 4) is 0 Å². The van der Waals surface area contributed by atoms with E-state index >= 15 is 0 Å². The minimum Gasteiger partial charge on any atom is -0.351 e. The van der Waals surface area contributed by atoms with Gasteiger partial charge in [-0.1, -0.05) is 45.9 Å². The van der Waals surface area contributed by atoms with Gasteiger partial charge in [0.15, 0.2) is 0 Å². The zero-order chi connectivity index (χ0) is 23.9. The van der Waals surface area contributed by atoms with Crippen molar-refractivity contribution >= 4 is 55.2 Å². The molecule has 8 nitrogen and oxygen atoms in total. The molecule has 6 N–H and O–H groups in total. The van der Waals surface area contributed by atoms with E-state index in [4.69, 9.17) is 11.5 Å². The maximum absolute atomic E-state index is 11.6. The maximum atomic E-state index is 11.6. The van der Waals surface area contributed by atoms with Gasteiger partial charge in [0, 0.05) is 46.0 Å². The Morgan fingerprint density at radius 1 is 0.706 bits per heavy atom. The molecule has 10 heteroatoms. The van der Waals surface area contributed by atoms with E-state index in [1.165, 1.54) is 0 Å². The summed E-state index contributed by atoms with van der Waals surface area (Å²) in [5.74, 6) is -0.395. The van der Waals surface area contributed by atoms with Crippen molar-refractivity contribution in [2.45, 2.75) is 22.9 Å². The first-order valence-electron chi connectivity index (χ1n) is 10.6. The summed E-state index contributed by atoms with van der Waals surface area (Å²) in [5, 5.41) is 7.61. The second-order valence-electron chi connectivity index (χ2n) is 7.37. The number of benzene rings is 2. The summed E-state index contributed by atoms with van der Waals surface area (Å²) in [4.78, 5) is 34.4. The summed E-state index contributed by atoms with van der Waals surface area (Å²) in [7, 11) is 3.21. The summed E-state index contributed by atoms with van der Waals surface area (Å²) < 4.78 is 0. The van der Waals surface area contributed by atoms with E-state index in [0.29, 0.717) is 13.1 Å². The fraction of sp³-hybridized carbons (Fsp3) is 0.167. The molecule has 0 aliphatic carbocycles. The molecule has 0 bridgehead atoms. The lowest BCUT2D eigenvalue weighted by atomic mass is 10.1. The van der Waals surface area contributed by atoms with Gasteiger partial charge in [0.1, 0.15) is 0 Å². The molecule has 4 rings (SSSR count). The van der Waals surface area contributed by atoms with Crippen LogP contribution in [0, 0.1) is 0 Å². The molecule has 0 atom stereocenters. The molecule has 0 unspecified atom stereocenters. The predicted octanol–water partition coefficient (Wildman–Crippen LogP) is 2.73. The number of pyridine rings is 2. The van der Waals surface area contributed by atoms with Gasteiger partial charge in [-0.2, -0.15) is 0 Å². The van der Waals surface area contributed by atoms with Crippen LogP contribution in [0.2, 0.25) is 0 Å². The van der Waals surface area contributed by atoms with E-state index in [1.54, 1.807) is 34.0 Å². The number of rotatable bonds is 9. The molecule has 2 aromatic heterocycles. The lowest BCUT2D eigenvalue weighted by Crippen LogP contribution is -2.29. The van der Waals surface area contributed by atoms with E-state index in [2.05, 4.69) is 20.6 Å². The zero-order valence-electron chi connectivity index (χ0n) is 18.3. The second kappa shape index (κ2) is 11.3. The SMILES string of the molecule is NCC(=O)NCc1ccc(SSc2ccc(CNC(=O)CN)c3cccnc23)c2ncccc12. The number of fused-ring (bicyclic) bond motifs is 2. The van der Waals surface area contributed by atoms with Gasteiger partial charge in [0.2, 0.25) is 11.8 Å². The number of amides is 2. The molecule has 2 aromatic carbocycles. The van der Waals surface area contributed by atoms with Crippen molar-refractivity contribution in [3.05, 3.63) is 72.1 Å². The van der Waals surface area contributed by atoms with Crippen molar-refractivity contribution in [1.82, 2.24) is 20.6 Å². The lowest BCUT2D eigenvalue weighted by molar-refractivity contribution is -0.120. The van der Waals surface area contributed by atoms with Gasteiger partial charge < -0.3 is 22.1 Å². The van der Waals surface area contributed by atoms with Crippen LogP contribution in [-0.4, -0.2) is 34.9 Å². The molecule has 174 valence electrons. The summed E-state index contributed by atoms with van der Waals surface area (Å²) in [6, 6.07) is 15.8. The van der Waals surface area contributed by atoms with Crippen LogP contribution in [0.15, 0.2) is 70.7 Å². The second-order valence-corrected chi connectivity index (χ2v) is 9.59. The Morgan fingerprint density at radius 3 is 1.56 bits per heavy atom. The number of nitrogens with two attached hydrogens (primary N) is 2. The fourth-order valence-electron chi connectivity index (χ4n) is 3.48. The highest BCUT2D eigenvalue weighted by molar-refractivity contribution is 8.76. The van der Waals surface area contributed by atoms with Crippen LogP contribution in [0.1, 0.15) is 11.1 Å². The first-order chi connectivity index (χ1) is 16.6. The van der Waals surface area contributed by atoms with Crippen molar-refractivity contribution in [3.63, 3.8) is 0 Å². The average molecular weight is 493 g/mol. The minimum absolute atomic E-state index is 0.0407. The Kier molecular flexibility index (Phi) is 7.96. The first-order valence-corrected chi connectivity index (χ1v) is 12.8. The normalized spacial score (nSPS) is 11.0. The lowest BCUT2D eigenvalue weighted by Gasteiger charge is -2.12. The smallest absolute Gasteiger partial charge is 0.234 e. The van der Waals surface area contributed by atoms with Crippen molar-refractivity contribution < 1.29 is 9.59 Å². The predicted molar refractivity (Wildman–Crippen MR) is 137 cm³/mol. The molecule has 0 fully saturated rings. The van der Waals surface area contributed by atoms with Crippen LogP contribution in [0.3, 0.4) is 0 Å². The average Bonchev–Trinajstić information content (AvgIpc) is 2.89. The molecule has 34 heavy (non-hydrogen) atoms. The van der Waals surface area contributed by atoms with E-state index in [1.807, 2.05) is 48.5 Å². The van der Waals surface area contributed by atoms with Gasteiger partial charge in [-0.3, -0.25) is 19.6 Å². The summed E-state index contributed by atoms with van der Waals surface area (Å²) in [6.45, 7) is 0.710. The standard InChI is InChI=1S/C24H24N6O2S2/c25-11-21(31)29-13-15-5-7-19(23-17(15)3-1-9-27-23)33-34-20-8-6-16(14-30-22(32)12-26)18-4-2-10-28-24(18)20/h1-10H,11-14,25-26H2,(H,29,31)(H,30,32). The van der Waals surface area contributed by atoms with Gasteiger partial charge in [-0.15, -0.1) is 0 Å². The van der Waals surface area contributed by atoms with E-state index in [0.717, 1.165) is 42.7 Å². The molecule has 2 heterocycles. The largest absolute Gasteiger partial charge is 0.351 e. The maximum Gasteiger partial charge on any atom is 0.234 e. The van der Waals surface area contributed by atoms with E-state index in [9.17, 15) is 9.59 Å². The quantitative estimate of drug-likeness (QED) is 0.262. The monoisotopic (exact) mass is 492 g/mol. The number of nitrogens with zero attached hydrogens (tertiary/aromatic N) is 2. The Morgan fingerprint density at radius 2 is 1.15 bits per heavy atom. The Bertz CT molecular complexity index is 1240. The molecule has 0 aliphatic heterocycles. The van der Waals surface area contributed by atoms with Gasteiger partial charge in [0.25, 0.3) is 0 Å². The number of carbonyl (C=O) groups is 2. The first kappa shape index (κ1) is 24.0. The highest BCUT2D eigenvalue weighted by atomic mass is 33.1. The third-order valence-corrected chi connectivity index (χ3v) is 7.62. The highest BCUT2D eigenvalue weighted by Gasteiger charge is 2.12. The molecule has 2 amide bonds. The van der Waals surface area contributed by atoms with Crippen LogP contribution >= 0.6 is 21.6 Å². The van der Waals surface area contributed by atoms with Crippen molar-refractivity contribution in [2.24, 2.45) is 11.5 Å². The Labute approximate surface area is 204 Å². The van der Waals surface area contributed by atoms with Crippen LogP contribution in [0.4, 0.5) is 0 Å². The molecular formula is C24H24N6O2S2. The molecule has 0 saturated carbocycles. The third-order valence-electron chi connectivity index (χ3n) is 5.19. The number of hydrogen-bond donors (Lipinski definition) is 4. The Balaban J connectivity index is 1.58. The highest BCUT2D eigenvalue weighted by Crippen LogP contribution is 2.43. The number of carbonyl (C=O) groups excluding carboxylic acids is 2. The van der Waals surface area contributed by atoms with Gasteiger partial charge in [0.05, 0.1) is 24.1 Å². The van der Waals surface area contributed by atoms with Crippen LogP contribution in [0.5, 0.6) is 0 Å². The topological polar surface area (TPSA) is 136 Å². The summed E-state index contributed by atoms with van der Waals surface area (Å²) in [6.07, 6.45) is 3.53. The van der Waals surface area contributed by atoms with Crippen molar-refractivity contribution in [2.75, 3.05) is 13.1 Å². The van der Waals surface area contributed by atoms with Crippen molar-refractivity contribution in [1.29, 1.82) is 0 Å². The number of hydrogen-bond acceptors (Lipinski definition) is 8. The van der Waals surface area contributed by atoms with Crippen LogP contribution in [0.25, 0.3) is 21.8 Å². The minimum atomic E-state index is -0.198. The van der Waals surface area contributed by atoms with Gasteiger partial charge >= 0.3 is 0 Å². The van der Waals surface area contributed by atoms with Gasteiger partial charge in [-0.05, 0) is 35.4 Å². The fourth-order valence-corrected chi connectivity index (χ4v) is 5.73. The molecule has 0 aliphatic rings. The molecular weight excluding hydrogens is 468 g/mol. The van der Waals surface area contributed by atoms with Crippen LogP contribution < -0.4 is 22.1 Å². The van der Waals surface area contributed by atoms with Gasteiger partial charge in [-0.25, -0.2) is 0 Å². The summed E-state index contributed by atoms with van der Waals surface area (Å²) >= 11 is 0. The molecule has 0 saturated heterocycles. The molecule has 0 spiro atoms. The zero-order valence-corrected chi connectivity index (χ0v) is 19.9. The molecule has 0 radical (unpaired) electrons. The molecule has 4 aromatic rings. The van der Waals surface area contributed by atoms with Crippen LogP contribution in [-0.2, 0) is 22.7 Å². The third kappa shape index (κ3) is 5.48. The Hall–Kier alpha value is -3.18. The number of nitrogens with one attached hydrogen (secondary N) is 2. The van der Waals surface area contributed by atoms with E-state index in [-0.39, 0.29) is 24.9 Å². The summed E-state index contributed by atoms with van der Waals surface area (Å²) in [5.41, 5.74) is 14.5. The number of aromatic nitrogens is 2.